The fourth-order valence-corrected chi connectivity index (χ4v) is 4.13. The normalized spacial score (nSPS) is 18.0. The summed E-state index contributed by atoms with van der Waals surface area (Å²) in [6.45, 7) is 1.67. The zero-order valence-corrected chi connectivity index (χ0v) is 14.2. The summed E-state index contributed by atoms with van der Waals surface area (Å²) < 4.78 is 0. The van der Waals surface area contributed by atoms with Gasteiger partial charge in [-0.05, 0) is 36.1 Å². The average molecular weight is 337 g/mol. The van der Waals surface area contributed by atoms with E-state index in [1.165, 1.54) is 27.7 Å². The van der Waals surface area contributed by atoms with Crippen LogP contribution in [0.25, 0.3) is 10.8 Å². The maximum atomic E-state index is 12.6. The second-order valence-corrected chi connectivity index (χ2v) is 7.24. The molecule has 0 aliphatic carbocycles. The van der Waals surface area contributed by atoms with E-state index in [0.717, 1.165) is 37.2 Å². The lowest BCUT2D eigenvalue weighted by molar-refractivity contribution is 0.0678. The topological polar surface area (TPSA) is 46.1 Å². The van der Waals surface area contributed by atoms with Gasteiger partial charge in [-0.3, -0.25) is 14.8 Å². The maximum Gasteiger partial charge on any atom is 0.265 e. The molecule has 4 nitrogen and oxygen atoms in total. The van der Waals surface area contributed by atoms with Crippen molar-refractivity contribution >= 4 is 28.0 Å². The highest BCUT2D eigenvalue weighted by Gasteiger charge is 2.25. The number of piperidine rings is 1. The highest BCUT2D eigenvalue weighted by Crippen LogP contribution is 2.26. The third-order valence-electron chi connectivity index (χ3n) is 4.71. The van der Waals surface area contributed by atoms with E-state index in [0.29, 0.717) is 5.92 Å². The number of aromatic nitrogens is 2. The van der Waals surface area contributed by atoms with E-state index in [-0.39, 0.29) is 5.91 Å². The molecule has 1 aromatic carbocycles. The van der Waals surface area contributed by atoms with Crippen LogP contribution < -0.4 is 0 Å². The van der Waals surface area contributed by atoms with Crippen LogP contribution in [0.3, 0.4) is 0 Å². The molecule has 0 spiro atoms. The predicted molar refractivity (Wildman–Crippen MR) is 96.2 cm³/mol. The minimum atomic E-state index is 0.123. The molecule has 1 aliphatic rings. The third kappa shape index (κ3) is 3.04. The number of carbonyl (C=O) groups is 1. The molecule has 1 saturated heterocycles. The van der Waals surface area contributed by atoms with E-state index in [1.54, 1.807) is 11.7 Å². The Bertz CT molecular complexity index is 841. The van der Waals surface area contributed by atoms with Gasteiger partial charge in [-0.15, -0.1) is 11.3 Å². The van der Waals surface area contributed by atoms with Gasteiger partial charge in [0.25, 0.3) is 5.91 Å². The molecule has 1 fully saturated rings. The molecule has 3 aromatic rings. The molecular formula is C19H19N3OS. The molecule has 24 heavy (non-hydrogen) atoms. The average Bonchev–Trinajstić information content (AvgIpc) is 3.16. The molecule has 122 valence electrons. The lowest BCUT2D eigenvalue weighted by Crippen LogP contribution is -2.40. The van der Waals surface area contributed by atoms with Gasteiger partial charge in [0.2, 0.25) is 0 Å². The van der Waals surface area contributed by atoms with E-state index >= 15 is 0 Å². The van der Waals surface area contributed by atoms with Crippen LogP contribution in [0.4, 0.5) is 0 Å². The molecule has 0 bridgehead atoms. The van der Waals surface area contributed by atoms with Crippen LogP contribution in [0.5, 0.6) is 0 Å². The zero-order valence-electron chi connectivity index (χ0n) is 13.4. The number of hydrogen-bond acceptors (Lipinski definition) is 4. The van der Waals surface area contributed by atoms with Crippen LogP contribution in [0.2, 0.25) is 0 Å². The SMILES string of the molecule is O=C(c1cncs1)N1CCC[C@H](Cc2cncc3ccccc23)C1. The number of fused-ring (bicyclic) bond motifs is 1. The Morgan fingerprint density at radius 3 is 3.00 bits per heavy atom. The van der Waals surface area contributed by atoms with Gasteiger partial charge in [0.15, 0.2) is 0 Å². The maximum absolute atomic E-state index is 12.6. The van der Waals surface area contributed by atoms with Crippen LogP contribution in [0.15, 0.2) is 48.4 Å². The monoisotopic (exact) mass is 337 g/mol. The number of pyridine rings is 1. The zero-order chi connectivity index (χ0) is 16.4. The van der Waals surface area contributed by atoms with Crippen LogP contribution in [0.1, 0.15) is 28.1 Å². The van der Waals surface area contributed by atoms with Gasteiger partial charge >= 0.3 is 0 Å². The summed E-state index contributed by atoms with van der Waals surface area (Å²) in [5, 5.41) is 2.46. The molecule has 0 saturated carbocycles. The standard InChI is InChI=1S/C19H19N3OS/c23-19(18-11-21-13-24-18)22-7-3-4-14(12-22)8-16-10-20-9-15-5-1-2-6-17(15)16/h1-2,5-6,9-11,13-14H,3-4,7-8,12H2/t14-/m1/s1. The van der Waals surface area contributed by atoms with E-state index in [1.807, 2.05) is 23.4 Å². The molecular weight excluding hydrogens is 318 g/mol. The van der Waals surface area contributed by atoms with E-state index < -0.39 is 0 Å². The Morgan fingerprint density at radius 2 is 2.12 bits per heavy atom. The molecule has 4 rings (SSSR count). The Morgan fingerprint density at radius 1 is 1.21 bits per heavy atom. The van der Waals surface area contributed by atoms with Crippen LogP contribution in [-0.4, -0.2) is 33.9 Å². The highest BCUT2D eigenvalue weighted by molar-refractivity contribution is 7.11. The van der Waals surface area contributed by atoms with Gasteiger partial charge in [0.1, 0.15) is 4.88 Å². The van der Waals surface area contributed by atoms with Gasteiger partial charge in [0, 0.05) is 30.9 Å². The summed E-state index contributed by atoms with van der Waals surface area (Å²) in [5.74, 6) is 0.612. The molecule has 1 atom stereocenters. The summed E-state index contributed by atoms with van der Waals surface area (Å²) in [5.41, 5.74) is 3.00. The first-order chi connectivity index (χ1) is 11.8. The van der Waals surface area contributed by atoms with Crippen molar-refractivity contribution in [2.45, 2.75) is 19.3 Å². The molecule has 2 aromatic heterocycles. The van der Waals surface area contributed by atoms with Gasteiger partial charge in [-0.25, -0.2) is 0 Å². The first kappa shape index (κ1) is 15.3. The molecule has 1 aliphatic heterocycles. The summed E-state index contributed by atoms with van der Waals surface area (Å²) in [4.78, 5) is 23.7. The van der Waals surface area contributed by atoms with Crippen LogP contribution in [-0.2, 0) is 6.42 Å². The number of carbonyl (C=O) groups excluding carboxylic acids is 1. The molecule has 3 heterocycles. The summed E-state index contributed by atoms with van der Waals surface area (Å²) >= 11 is 1.42. The van der Waals surface area contributed by atoms with Gasteiger partial charge in [-0.2, -0.15) is 0 Å². The predicted octanol–water partition coefficient (Wildman–Crippen LogP) is 3.79. The Labute approximate surface area is 145 Å². The minimum Gasteiger partial charge on any atom is -0.338 e. The molecule has 1 amide bonds. The lowest BCUT2D eigenvalue weighted by atomic mass is 9.90. The Hall–Kier alpha value is -2.27. The first-order valence-corrected chi connectivity index (χ1v) is 9.18. The number of likely N-dealkylation sites (tertiary alicyclic amines) is 1. The van der Waals surface area contributed by atoms with E-state index in [2.05, 4.69) is 28.2 Å². The molecule has 0 radical (unpaired) electrons. The molecule has 0 N–H and O–H groups in total. The Balaban J connectivity index is 1.51. The molecule has 5 heteroatoms. The second kappa shape index (κ2) is 6.69. The third-order valence-corrected chi connectivity index (χ3v) is 5.47. The first-order valence-electron chi connectivity index (χ1n) is 8.30. The number of benzene rings is 1. The summed E-state index contributed by atoms with van der Waals surface area (Å²) in [7, 11) is 0. The number of rotatable bonds is 3. The van der Waals surface area contributed by atoms with E-state index in [9.17, 15) is 4.79 Å². The lowest BCUT2D eigenvalue weighted by Gasteiger charge is -2.32. The number of hydrogen-bond donors (Lipinski definition) is 0. The van der Waals surface area contributed by atoms with Crippen molar-refractivity contribution in [3.63, 3.8) is 0 Å². The highest BCUT2D eigenvalue weighted by atomic mass is 32.1. The number of thiazole rings is 1. The minimum absolute atomic E-state index is 0.123. The Kier molecular flexibility index (Phi) is 4.26. The van der Waals surface area contributed by atoms with Crippen molar-refractivity contribution in [3.8, 4) is 0 Å². The van der Waals surface area contributed by atoms with E-state index in [4.69, 9.17) is 0 Å². The van der Waals surface area contributed by atoms with Crippen molar-refractivity contribution in [3.05, 3.63) is 58.8 Å². The van der Waals surface area contributed by atoms with Gasteiger partial charge in [-0.1, -0.05) is 24.3 Å². The van der Waals surface area contributed by atoms with Crippen molar-refractivity contribution in [2.24, 2.45) is 5.92 Å². The largest absolute Gasteiger partial charge is 0.338 e. The van der Waals surface area contributed by atoms with Crippen molar-refractivity contribution < 1.29 is 4.79 Å². The van der Waals surface area contributed by atoms with Crippen LogP contribution >= 0.6 is 11.3 Å². The second-order valence-electron chi connectivity index (χ2n) is 6.35. The molecule has 0 unspecified atom stereocenters. The fourth-order valence-electron chi connectivity index (χ4n) is 3.55. The van der Waals surface area contributed by atoms with Crippen LogP contribution in [0, 0.1) is 5.92 Å². The number of amides is 1. The summed E-state index contributed by atoms with van der Waals surface area (Å²) in [6, 6.07) is 8.39. The smallest absolute Gasteiger partial charge is 0.265 e. The quantitative estimate of drug-likeness (QED) is 0.730. The van der Waals surface area contributed by atoms with Crippen molar-refractivity contribution in [1.82, 2.24) is 14.9 Å². The summed E-state index contributed by atoms with van der Waals surface area (Å²) in [6.07, 6.45) is 8.76. The number of nitrogens with zero attached hydrogens (tertiary/aromatic N) is 3. The van der Waals surface area contributed by atoms with Gasteiger partial charge in [0.05, 0.1) is 11.7 Å². The van der Waals surface area contributed by atoms with Crippen molar-refractivity contribution in [2.75, 3.05) is 13.1 Å². The fraction of sp³-hybridized carbons (Fsp3) is 0.316. The van der Waals surface area contributed by atoms with Gasteiger partial charge < -0.3 is 4.90 Å². The van der Waals surface area contributed by atoms with Crippen molar-refractivity contribution in [1.29, 1.82) is 0 Å².